The van der Waals surface area contributed by atoms with Crippen LogP contribution in [0.4, 0.5) is 13.2 Å². The lowest BCUT2D eigenvalue weighted by Gasteiger charge is -2.34. The summed E-state index contributed by atoms with van der Waals surface area (Å²) in [6.45, 7) is 1.85. The molecule has 0 spiro atoms. The molecule has 0 amide bonds. The molecule has 4 heteroatoms. The molecule has 0 aromatic rings. The molecule has 15 heavy (non-hydrogen) atoms. The maximum Gasteiger partial charge on any atom is 0.393 e. The monoisotopic (exact) mass is 223 g/mol. The van der Waals surface area contributed by atoms with Crippen LogP contribution in [0.5, 0.6) is 0 Å². The van der Waals surface area contributed by atoms with E-state index in [1.165, 1.54) is 0 Å². The quantitative estimate of drug-likeness (QED) is 0.780. The molecule has 1 fully saturated rings. The average Bonchev–Trinajstić information content (AvgIpc) is 2.18. The molecule has 1 nitrogen and oxygen atoms in total. The lowest BCUT2D eigenvalue weighted by atomic mass is 9.75. The average molecular weight is 223 g/mol. The van der Waals surface area contributed by atoms with Gasteiger partial charge in [-0.2, -0.15) is 13.2 Å². The second-order valence-corrected chi connectivity index (χ2v) is 4.57. The van der Waals surface area contributed by atoms with Crippen LogP contribution < -0.4 is 5.73 Å². The highest BCUT2D eigenvalue weighted by Crippen LogP contribution is 2.41. The van der Waals surface area contributed by atoms with E-state index in [1.807, 2.05) is 0 Å². The second-order valence-electron chi connectivity index (χ2n) is 4.57. The van der Waals surface area contributed by atoms with Gasteiger partial charge in [0, 0.05) is 6.54 Å². The molecule has 2 N–H and O–H groups in total. The van der Waals surface area contributed by atoms with Crippen LogP contribution in [0, 0.1) is 17.8 Å². The van der Waals surface area contributed by atoms with Crippen LogP contribution in [0.25, 0.3) is 0 Å². The lowest BCUT2D eigenvalue weighted by molar-refractivity contribution is -0.189. The van der Waals surface area contributed by atoms with E-state index in [9.17, 15) is 13.2 Å². The van der Waals surface area contributed by atoms with Gasteiger partial charge in [0.25, 0.3) is 0 Å². The van der Waals surface area contributed by atoms with Crippen molar-refractivity contribution in [1.29, 1.82) is 0 Å². The zero-order valence-electron chi connectivity index (χ0n) is 9.19. The zero-order chi connectivity index (χ0) is 11.5. The molecule has 0 aromatic carbocycles. The SMILES string of the molecule is CCC1CCC(C(CN)C(F)(F)F)CC1. The molecule has 0 aromatic heterocycles. The fraction of sp³-hybridized carbons (Fsp3) is 1.00. The maximum atomic E-state index is 12.6. The molecule has 1 rings (SSSR count). The van der Waals surface area contributed by atoms with Crippen LogP contribution in [0.15, 0.2) is 0 Å². The van der Waals surface area contributed by atoms with Gasteiger partial charge in [-0.1, -0.05) is 26.2 Å². The van der Waals surface area contributed by atoms with Gasteiger partial charge in [0.15, 0.2) is 0 Å². The Morgan fingerprint density at radius 2 is 1.73 bits per heavy atom. The van der Waals surface area contributed by atoms with Gasteiger partial charge in [0.05, 0.1) is 5.92 Å². The van der Waals surface area contributed by atoms with Crippen LogP contribution in [0.3, 0.4) is 0 Å². The Morgan fingerprint density at radius 1 is 1.20 bits per heavy atom. The molecule has 0 heterocycles. The molecule has 1 aliphatic rings. The van der Waals surface area contributed by atoms with Gasteiger partial charge < -0.3 is 5.73 Å². The molecule has 1 saturated carbocycles. The fourth-order valence-electron chi connectivity index (χ4n) is 2.59. The van der Waals surface area contributed by atoms with Crippen LogP contribution >= 0.6 is 0 Å². The summed E-state index contributed by atoms with van der Waals surface area (Å²) < 4.78 is 37.8. The first kappa shape index (κ1) is 12.8. The third kappa shape index (κ3) is 3.37. The highest BCUT2D eigenvalue weighted by Gasteiger charge is 2.44. The van der Waals surface area contributed by atoms with Crippen molar-refractivity contribution < 1.29 is 13.2 Å². The number of rotatable bonds is 3. The standard InChI is InChI=1S/C11H20F3N/c1-2-8-3-5-9(6-4-8)10(7-15)11(12,13)14/h8-10H,2-7,15H2,1H3. The van der Waals surface area contributed by atoms with Gasteiger partial charge in [-0.25, -0.2) is 0 Å². The molecular formula is C11H20F3N. The molecule has 1 aliphatic carbocycles. The molecule has 0 bridgehead atoms. The molecule has 1 atom stereocenters. The Morgan fingerprint density at radius 3 is 2.07 bits per heavy atom. The van der Waals surface area contributed by atoms with Gasteiger partial charge in [-0.05, 0) is 24.7 Å². The number of alkyl halides is 3. The Hall–Kier alpha value is -0.250. The largest absolute Gasteiger partial charge is 0.393 e. The minimum absolute atomic E-state index is 0.238. The van der Waals surface area contributed by atoms with E-state index in [-0.39, 0.29) is 12.5 Å². The Balaban J connectivity index is 2.50. The van der Waals surface area contributed by atoms with E-state index >= 15 is 0 Å². The van der Waals surface area contributed by atoms with E-state index in [2.05, 4.69) is 6.92 Å². The number of nitrogens with two attached hydrogens (primary N) is 1. The first-order valence-corrected chi connectivity index (χ1v) is 5.75. The van der Waals surface area contributed by atoms with Crippen molar-refractivity contribution in [3.8, 4) is 0 Å². The lowest BCUT2D eigenvalue weighted by Crippen LogP contribution is -2.38. The molecule has 0 saturated heterocycles. The summed E-state index contributed by atoms with van der Waals surface area (Å²) in [6, 6.07) is 0. The summed E-state index contributed by atoms with van der Waals surface area (Å²) >= 11 is 0. The number of halogens is 3. The fourth-order valence-corrected chi connectivity index (χ4v) is 2.59. The van der Waals surface area contributed by atoms with E-state index in [4.69, 9.17) is 5.73 Å². The molecule has 90 valence electrons. The van der Waals surface area contributed by atoms with E-state index in [0.717, 1.165) is 19.3 Å². The summed E-state index contributed by atoms with van der Waals surface area (Å²) in [5.74, 6) is -0.888. The van der Waals surface area contributed by atoms with Gasteiger partial charge in [0.2, 0.25) is 0 Å². The highest BCUT2D eigenvalue weighted by molar-refractivity contribution is 4.81. The van der Waals surface area contributed by atoms with Crippen LogP contribution in [0.1, 0.15) is 39.0 Å². The zero-order valence-corrected chi connectivity index (χ0v) is 9.19. The predicted molar refractivity (Wildman–Crippen MR) is 54.3 cm³/mol. The van der Waals surface area contributed by atoms with Crippen molar-refractivity contribution >= 4 is 0 Å². The Bertz CT molecular complexity index is 183. The summed E-state index contributed by atoms with van der Waals surface area (Å²) in [4.78, 5) is 0. The van der Waals surface area contributed by atoms with Crippen molar-refractivity contribution in [3.05, 3.63) is 0 Å². The van der Waals surface area contributed by atoms with E-state index in [0.29, 0.717) is 18.8 Å². The van der Waals surface area contributed by atoms with Gasteiger partial charge in [-0.15, -0.1) is 0 Å². The van der Waals surface area contributed by atoms with Crippen molar-refractivity contribution in [2.45, 2.75) is 45.2 Å². The van der Waals surface area contributed by atoms with Crippen molar-refractivity contribution in [2.75, 3.05) is 6.54 Å². The molecular weight excluding hydrogens is 203 g/mol. The predicted octanol–water partition coefficient (Wildman–Crippen LogP) is 3.34. The molecule has 0 aliphatic heterocycles. The van der Waals surface area contributed by atoms with Crippen molar-refractivity contribution in [3.63, 3.8) is 0 Å². The van der Waals surface area contributed by atoms with Gasteiger partial charge in [0.1, 0.15) is 0 Å². The first-order valence-electron chi connectivity index (χ1n) is 5.75. The minimum Gasteiger partial charge on any atom is -0.330 e. The maximum absolute atomic E-state index is 12.6. The van der Waals surface area contributed by atoms with E-state index < -0.39 is 12.1 Å². The normalized spacial score (nSPS) is 30.2. The first-order chi connectivity index (χ1) is 6.99. The highest BCUT2D eigenvalue weighted by atomic mass is 19.4. The van der Waals surface area contributed by atoms with Crippen LogP contribution in [-0.2, 0) is 0 Å². The smallest absolute Gasteiger partial charge is 0.330 e. The minimum atomic E-state index is -4.11. The van der Waals surface area contributed by atoms with Crippen molar-refractivity contribution in [1.82, 2.24) is 0 Å². The van der Waals surface area contributed by atoms with Crippen LogP contribution in [0.2, 0.25) is 0 Å². The second kappa shape index (κ2) is 5.19. The topological polar surface area (TPSA) is 26.0 Å². The number of hydrogen-bond donors (Lipinski definition) is 1. The van der Waals surface area contributed by atoms with Gasteiger partial charge in [-0.3, -0.25) is 0 Å². The summed E-state index contributed by atoms with van der Waals surface area (Å²) in [6.07, 6.45) is 0.242. The Kier molecular flexibility index (Phi) is 4.44. The van der Waals surface area contributed by atoms with Crippen molar-refractivity contribution in [2.24, 2.45) is 23.5 Å². The molecule has 0 radical (unpaired) electrons. The third-order valence-electron chi connectivity index (χ3n) is 3.71. The molecule has 1 unspecified atom stereocenters. The summed E-state index contributed by atoms with van der Waals surface area (Å²) in [5.41, 5.74) is 5.24. The van der Waals surface area contributed by atoms with Crippen LogP contribution in [-0.4, -0.2) is 12.7 Å². The van der Waals surface area contributed by atoms with Gasteiger partial charge >= 0.3 is 6.18 Å². The van der Waals surface area contributed by atoms with E-state index in [1.54, 1.807) is 0 Å². The summed E-state index contributed by atoms with van der Waals surface area (Å²) in [7, 11) is 0. The third-order valence-corrected chi connectivity index (χ3v) is 3.71. The Labute approximate surface area is 89.2 Å². The number of hydrogen-bond acceptors (Lipinski definition) is 1. The summed E-state index contributed by atoms with van der Waals surface area (Å²) in [5, 5.41) is 0.